The number of carbonyl (C=O) groups excluding carboxylic acids is 2. The number of hydrogen-bond donors (Lipinski definition) is 1. The van der Waals surface area contributed by atoms with Gasteiger partial charge in [0, 0.05) is 16.0 Å². The van der Waals surface area contributed by atoms with Gasteiger partial charge in [-0.25, -0.2) is 4.39 Å². The Morgan fingerprint density at radius 2 is 1.74 bits per heavy atom. The quantitative estimate of drug-likeness (QED) is 0.344. The van der Waals surface area contributed by atoms with Gasteiger partial charge >= 0.3 is 0 Å². The molecule has 8 heteroatoms. The van der Waals surface area contributed by atoms with Gasteiger partial charge in [-0.05, 0) is 78.7 Å². The summed E-state index contributed by atoms with van der Waals surface area (Å²) in [4.78, 5) is 33.3. The van der Waals surface area contributed by atoms with Gasteiger partial charge in [-0.1, -0.05) is 24.3 Å². The fourth-order valence-electron chi connectivity index (χ4n) is 7.15. The summed E-state index contributed by atoms with van der Waals surface area (Å²) >= 11 is 8.99. The van der Waals surface area contributed by atoms with Crippen LogP contribution in [0, 0.1) is 46.3 Å². The summed E-state index contributed by atoms with van der Waals surface area (Å²) in [5, 5.41) is 1.38. The van der Waals surface area contributed by atoms with Crippen molar-refractivity contribution in [1.29, 1.82) is 0 Å². The van der Waals surface area contributed by atoms with Crippen molar-refractivity contribution in [2.45, 2.75) is 29.5 Å². The van der Waals surface area contributed by atoms with E-state index in [0.29, 0.717) is 5.69 Å². The van der Waals surface area contributed by atoms with Crippen LogP contribution in [0.25, 0.3) is 0 Å². The van der Waals surface area contributed by atoms with Crippen LogP contribution in [0.2, 0.25) is 0 Å². The highest BCUT2D eigenvalue weighted by Crippen LogP contribution is 2.69. The van der Waals surface area contributed by atoms with Gasteiger partial charge < -0.3 is 4.98 Å². The second-order valence-electron chi connectivity index (χ2n) is 9.81. The molecule has 1 N–H and O–H groups in total. The molecular weight excluding hydrogens is 487 g/mol. The van der Waals surface area contributed by atoms with Crippen LogP contribution in [0.1, 0.15) is 28.3 Å². The van der Waals surface area contributed by atoms with Crippen LogP contribution in [0.4, 0.5) is 10.1 Å². The highest BCUT2D eigenvalue weighted by Gasteiger charge is 2.69. The number of carbonyl (C=O) groups is 2. The minimum absolute atomic E-state index is 0.117. The van der Waals surface area contributed by atoms with Gasteiger partial charge in [-0.2, -0.15) is 0 Å². The number of halogens is 1. The lowest BCUT2D eigenvalue weighted by Gasteiger charge is -2.43. The Morgan fingerprint density at radius 1 is 1.03 bits per heavy atom. The summed E-state index contributed by atoms with van der Waals surface area (Å²) in [6, 6.07) is 14.2. The minimum Gasteiger partial charge on any atom is -0.332 e. The molecule has 7 rings (SSSR count). The molecule has 34 heavy (non-hydrogen) atoms. The number of fused-ring (bicyclic) bond motifs is 9. The SMILES string of the molecule is Cc1ccccc1C1c2sc(=S)[nH]c2SC2C3CC(C4C(=O)N(c5ccc(F)cc5)C(=O)C34)C12. The maximum absolute atomic E-state index is 13.7. The largest absolute Gasteiger partial charge is 0.332 e. The molecular formula is C26H21FN2O2S3. The average molecular weight is 509 g/mol. The number of amides is 2. The molecule has 2 amide bonds. The number of aromatic nitrogens is 1. The van der Waals surface area contributed by atoms with E-state index in [1.807, 2.05) is 11.8 Å². The number of hydrogen-bond acceptors (Lipinski definition) is 5. The smallest absolute Gasteiger partial charge is 0.238 e. The molecule has 4 nitrogen and oxygen atoms in total. The molecule has 2 aliphatic heterocycles. The molecule has 3 heterocycles. The van der Waals surface area contributed by atoms with Crippen LogP contribution < -0.4 is 4.90 Å². The molecule has 7 atom stereocenters. The van der Waals surface area contributed by atoms with Crippen LogP contribution in [0.3, 0.4) is 0 Å². The normalized spacial score (nSPS) is 33.2. The van der Waals surface area contributed by atoms with E-state index >= 15 is 0 Å². The molecule has 2 bridgehead atoms. The van der Waals surface area contributed by atoms with Crippen molar-refractivity contribution in [1.82, 2.24) is 4.98 Å². The second kappa shape index (κ2) is 7.35. The molecule has 2 aromatic carbocycles. The minimum atomic E-state index is -0.380. The summed E-state index contributed by atoms with van der Waals surface area (Å²) in [5.74, 6) is -0.485. The first kappa shape index (κ1) is 21.0. The number of imide groups is 1. The molecule has 3 aromatic rings. The van der Waals surface area contributed by atoms with Gasteiger partial charge in [-0.15, -0.1) is 23.1 Å². The Morgan fingerprint density at radius 3 is 2.47 bits per heavy atom. The van der Waals surface area contributed by atoms with E-state index in [2.05, 4.69) is 36.2 Å². The van der Waals surface area contributed by atoms with Crippen LogP contribution in [-0.4, -0.2) is 22.0 Å². The standard InChI is InChI=1S/C26H21FN2O2S3/c1-11-4-2-3-5-14(11)17-18-15-10-16(21(18)33-23-22(17)34-26(32)28-23)20-19(15)24(30)29(25(20)31)13-8-6-12(27)7-9-13/h2-9,15-21H,10H2,1H3,(H,28,32). The summed E-state index contributed by atoms with van der Waals surface area (Å²) in [5.41, 5.74) is 3.00. The zero-order valence-corrected chi connectivity index (χ0v) is 20.7. The molecule has 3 fully saturated rings. The van der Waals surface area contributed by atoms with E-state index < -0.39 is 0 Å². The number of aryl methyl sites for hydroxylation is 1. The monoisotopic (exact) mass is 508 g/mol. The number of nitrogens with one attached hydrogen (secondary N) is 1. The first-order valence-electron chi connectivity index (χ1n) is 11.5. The van der Waals surface area contributed by atoms with Crippen molar-refractivity contribution < 1.29 is 14.0 Å². The number of thiazole rings is 1. The third-order valence-corrected chi connectivity index (χ3v) is 11.3. The van der Waals surface area contributed by atoms with Crippen LogP contribution >= 0.6 is 35.3 Å². The van der Waals surface area contributed by atoms with Gasteiger partial charge in [0.1, 0.15) is 5.82 Å². The topological polar surface area (TPSA) is 53.2 Å². The maximum atomic E-state index is 13.7. The molecule has 4 aliphatic rings. The van der Waals surface area contributed by atoms with E-state index in [1.54, 1.807) is 11.3 Å². The Hall–Kier alpha value is -2.29. The Kier molecular flexibility index (Phi) is 4.55. The lowest BCUT2D eigenvalue weighted by atomic mass is 9.67. The molecule has 7 unspecified atom stereocenters. The Bertz CT molecular complexity index is 1410. The van der Waals surface area contributed by atoms with Crippen LogP contribution in [-0.2, 0) is 9.59 Å². The number of anilines is 1. The fourth-order valence-corrected chi connectivity index (χ4v) is 10.5. The summed E-state index contributed by atoms with van der Waals surface area (Å²) in [6.45, 7) is 2.15. The number of aromatic amines is 1. The number of benzene rings is 2. The van der Waals surface area contributed by atoms with Crippen molar-refractivity contribution in [3.05, 3.63) is 74.3 Å². The van der Waals surface area contributed by atoms with Crippen LogP contribution in [0.5, 0.6) is 0 Å². The first-order valence-corrected chi connectivity index (χ1v) is 13.6. The van der Waals surface area contributed by atoms with E-state index in [0.717, 1.165) is 15.4 Å². The van der Waals surface area contributed by atoms with Gasteiger partial charge in [-0.3, -0.25) is 14.5 Å². The van der Waals surface area contributed by atoms with E-state index in [-0.39, 0.29) is 58.4 Å². The fraction of sp³-hybridized carbons (Fsp3) is 0.346. The zero-order chi connectivity index (χ0) is 23.3. The summed E-state index contributed by atoms with van der Waals surface area (Å²) in [7, 11) is 0. The van der Waals surface area contributed by atoms with Gasteiger partial charge in [0.2, 0.25) is 11.8 Å². The molecule has 0 spiro atoms. The maximum Gasteiger partial charge on any atom is 0.238 e. The molecule has 2 saturated carbocycles. The zero-order valence-electron chi connectivity index (χ0n) is 18.2. The molecule has 1 saturated heterocycles. The third kappa shape index (κ3) is 2.73. The molecule has 2 aliphatic carbocycles. The second-order valence-corrected chi connectivity index (χ2v) is 12.7. The van der Waals surface area contributed by atoms with Crippen molar-refractivity contribution in [2.75, 3.05) is 4.90 Å². The summed E-state index contributed by atoms with van der Waals surface area (Å²) < 4.78 is 14.3. The third-order valence-electron chi connectivity index (χ3n) is 8.33. The lowest BCUT2D eigenvalue weighted by Crippen LogP contribution is -2.42. The predicted molar refractivity (Wildman–Crippen MR) is 133 cm³/mol. The lowest BCUT2D eigenvalue weighted by molar-refractivity contribution is -0.123. The van der Waals surface area contributed by atoms with Crippen molar-refractivity contribution in [3.8, 4) is 0 Å². The van der Waals surface area contributed by atoms with Gasteiger partial charge in [0.05, 0.1) is 22.5 Å². The highest BCUT2D eigenvalue weighted by atomic mass is 32.2. The Balaban J connectivity index is 1.34. The van der Waals surface area contributed by atoms with Gasteiger partial charge in [0.25, 0.3) is 0 Å². The van der Waals surface area contributed by atoms with E-state index in [4.69, 9.17) is 12.2 Å². The van der Waals surface area contributed by atoms with Crippen molar-refractivity contribution >= 4 is 52.8 Å². The number of thioether (sulfide) groups is 1. The first-order chi connectivity index (χ1) is 16.4. The molecule has 172 valence electrons. The Labute approximate surface area is 209 Å². The summed E-state index contributed by atoms with van der Waals surface area (Å²) in [6.07, 6.45) is 0.907. The number of rotatable bonds is 2. The van der Waals surface area contributed by atoms with Crippen molar-refractivity contribution in [3.63, 3.8) is 0 Å². The van der Waals surface area contributed by atoms with E-state index in [1.165, 1.54) is 45.2 Å². The predicted octanol–water partition coefficient (Wildman–Crippen LogP) is 5.93. The van der Waals surface area contributed by atoms with Gasteiger partial charge in [0.15, 0.2) is 3.95 Å². The van der Waals surface area contributed by atoms with E-state index in [9.17, 15) is 14.0 Å². The number of H-pyrrole nitrogens is 1. The average Bonchev–Trinajstić information content (AvgIpc) is 3.54. The number of nitrogens with zero attached hydrogens (tertiary/aromatic N) is 1. The highest BCUT2D eigenvalue weighted by molar-refractivity contribution is 8.00. The van der Waals surface area contributed by atoms with Crippen molar-refractivity contribution in [2.24, 2.45) is 29.6 Å². The molecule has 0 radical (unpaired) electrons. The van der Waals surface area contributed by atoms with Crippen LogP contribution in [0.15, 0.2) is 53.6 Å². The molecule has 1 aromatic heterocycles.